The van der Waals surface area contributed by atoms with Crippen LogP contribution in [0, 0.1) is 0 Å². The molecule has 0 radical (unpaired) electrons. The Morgan fingerprint density at radius 3 is 2.86 bits per heavy atom. The van der Waals surface area contributed by atoms with Gasteiger partial charge in [-0.2, -0.15) is 4.98 Å². The number of amides is 1. The van der Waals surface area contributed by atoms with Crippen LogP contribution < -0.4 is 10.6 Å². The van der Waals surface area contributed by atoms with E-state index < -0.39 is 0 Å². The molecule has 0 saturated heterocycles. The zero-order chi connectivity index (χ0) is 14.9. The third kappa shape index (κ3) is 5.35. The van der Waals surface area contributed by atoms with E-state index in [1.54, 1.807) is 0 Å². The van der Waals surface area contributed by atoms with Gasteiger partial charge in [-0.25, -0.2) is 0 Å². The monoisotopic (exact) mass is 288 g/mol. The lowest BCUT2D eigenvalue weighted by molar-refractivity contribution is -0.120. The SMILES string of the molecule is CCNC(=O)CCNCc1nc(Cc2ccccc2)no1. The van der Waals surface area contributed by atoms with Gasteiger partial charge in [-0.3, -0.25) is 4.79 Å². The molecule has 0 atom stereocenters. The second kappa shape index (κ2) is 8.16. The van der Waals surface area contributed by atoms with E-state index in [0.717, 1.165) is 5.56 Å². The lowest BCUT2D eigenvalue weighted by atomic mass is 10.1. The number of benzene rings is 1. The molecule has 6 heteroatoms. The molecule has 112 valence electrons. The average molecular weight is 288 g/mol. The summed E-state index contributed by atoms with van der Waals surface area (Å²) in [6, 6.07) is 10.0. The highest BCUT2D eigenvalue weighted by Gasteiger charge is 2.07. The zero-order valence-electron chi connectivity index (χ0n) is 12.1. The molecule has 0 aliphatic rings. The lowest BCUT2D eigenvalue weighted by Crippen LogP contribution is -2.27. The quantitative estimate of drug-likeness (QED) is 0.715. The van der Waals surface area contributed by atoms with Crippen molar-refractivity contribution in [2.75, 3.05) is 13.1 Å². The van der Waals surface area contributed by atoms with Gasteiger partial charge in [0.1, 0.15) is 0 Å². The molecule has 1 heterocycles. The highest BCUT2D eigenvalue weighted by Crippen LogP contribution is 2.06. The smallest absolute Gasteiger partial charge is 0.240 e. The van der Waals surface area contributed by atoms with Crippen molar-refractivity contribution in [1.29, 1.82) is 0 Å². The molecule has 21 heavy (non-hydrogen) atoms. The Hall–Kier alpha value is -2.21. The molecule has 0 fully saturated rings. The number of nitrogens with zero attached hydrogens (tertiary/aromatic N) is 2. The first-order valence-electron chi connectivity index (χ1n) is 7.10. The summed E-state index contributed by atoms with van der Waals surface area (Å²) in [6.45, 7) is 3.62. The Kier molecular flexibility index (Phi) is 5.90. The van der Waals surface area contributed by atoms with E-state index in [1.165, 1.54) is 0 Å². The number of carbonyl (C=O) groups excluding carboxylic acids is 1. The number of nitrogens with one attached hydrogen (secondary N) is 2. The average Bonchev–Trinajstić information content (AvgIpc) is 2.92. The predicted octanol–water partition coefficient (Wildman–Crippen LogP) is 1.28. The minimum atomic E-state index is 0.0419. The van der Waals surface area contributed by atoms with Crippen LogP contribution in [0.4, 0.5) is 0 Å². The number of carbonyl (C=O) groups is 1. The van der Waals surface area contributed by atoms with Crippen molar-refractivity contribution in [3.8, 4) is 0 Å². The van der Waals surface area contributed by atoms with E-state index >= 15 is 0 Å². The summed E-state index contributed by atoms with van der Waals surface area (Å²) in [5.74, 6) is 1.25. The van der Waals surface area contributed by atoms with Gasteiger partial charge in [0.2, 0.25) is 11.8 Å². The first-order valence-corrected chi connectivity index (χ1v) is 7.10. The van der Waals surface area contributed by atoms with Crippen LogP contribution in [0.3, 0.4) is 0 Å². The fourth-order valence-electron chi connectivity index (χ4n) is 1.89. The molecule has 0 bridgehead atoms. The number of hydrogen-bond acceptors (Lipinski definition) is 5. The maximum absolute atomic E-state index is 11.3. The molecule has 0 aliphatic carbocycles. The van der Waals surface area contributed by atoms with Gasteiger partial charge in [0.25, 0.3) is 0 Å². The van der Waals surface area contributed by atoms with Crippen LogP contribution in [-0.4, -0.2) is 29.1 Å². The van der Waals surface area contributed by atoms with E-state index in [0.29, 0.717) is 44.2 Å². The Morgan fingerprint density at radius 2 is 2.10 bits per heavy atom. The molecule has 6 nitrogen and oxygen atoms in total. The molecule has 2 aromatic rings. The van der Waals surface area contributed by atoms with Crippen molar-refractivity contribution in [3.63, 3.8) is 0 Å². The van der Waals surface area contributed by atoms with Crippen LogP contribution in [0.5, 0.6) is 0 Å². The maximum Gasteiger partial charge on any atom is 0.240 e. The van der Waals surface area contributed by atoms with Gasteiger partial charge in [0.05, 0.1) is 6.54 Å². The summed E-state index contributed by atoms with van der Waals surface area (Å²) >= 11 is 0. The van der Waals surface area contributed by atoms with Gasteiger partial charge < -0.3 is 15.2 Å². The zero-order valence-corrected chi connectivity index (χ0v) is 12.1. The molecule has 1 aromatic carbocycles. The van der Waals surface area contributed by atoms with E-state index in [9.17, 15) is 4.79 Å². The van der Waals surface area contributed by atoms with E-state index in [4.69, 9.17) is 4.52 Å². The van der Waals surface area contributed by atoms with Crippen LogP contribution in [0.2, 0.25) is 0 Å². The van der Waals surface area contributed by atoms with Gasteiger partial charge >= 0.3 is 0 Å². The maximum atomic E-state index is 11.3. The first kappa shape index (κ1) is 15.2. The van der Waals surface area contributed by atoms with Crippen LogP contribution in [0.1, 0.15) is 30.6 Å². The van der Waals surface area contributed by atoms with Crippen LogP contribution in [0.15, 0.2) is 34.9 Å². The minimum absolute atomic E-state index is 0.0419. The number of aromatic nitrogens is 2. The largest absolute Gasteiger partial charge is 0.356 e. The topological polar surface area (TPSA) is 80.0 Å². The molecule has 0 saturated carbocycles. The normalized spacial score (nSPS) is 10.5. The summed E-state index contributed by atoms with van der Waals surface area (Å²) in [4.78, 5) is 15.6. The Bertz CT molecular complexity index is 554. The highest BCUT2D eigenvalue weighted by molar-refractivity contribution is 5.75. The first-order chi connectivity index (χ1) is 10.3. The van der Waals surface area contributed by atoms with Crippen LogP contribution in [-0.2, 0) is 17.8 Å². The Morgan fingerprint density at radius 1 is 1.29 bits per heavy atom. The van der Waals surface area contributed by atoms with Crippen molar-refractivity contribution < 1.29 is 9.32 Å². The summed E-state index contributed by atoms with van der Waals surface area (Å²) in [6.07, 6.45) is 1.10. The molecule has 0 unspecified atom stereocenters. The van der Waals surface area contributed by atoms with E-state index in [1.807, 2.05) is 37.3 Å². The molecule has 2 rings (SSSR count). The van der Waals surface area contributed by atoms with E-state index in [-0.39, 0.29) is 5.91 Å². The van der Waals surface area contributed by atoms with Crippen LogP contribution in [0.25, 0.3) is 0 Å². The van der Waals surface area contributed by atoms with E-state index in [2.05, 4.69) is 20.8 Å². The predicted molar refractivity (Wildman–Crippen MR) is 78.6 cm³/mol. The van der Waals surface area contributed by atoms with Crippen LogP contribution >= 0.6 is 0 Å². The molecule has 1 aromatic heterocycles. The second-order valence-corrected chi connectivity index (χ2v) is 4.65. The molecule has 1 amide bonds. The molecular weight excluding hydrogens is 268 g/mol. The standard InChI is InChI=1S/C15H20N4O2/c1-2-17-14(20)8-9-16-11-15-18-13(19-21-15)10-12-6-4-3-5-7-12/h3-7,16H,2,8-11H2,1H3,(H,17,20). The fraction of sp³-hybridized carbons (Fsp3) is 0.400. The Labute approximate surface area is 123 Å². The van der Waals surface area contributed by atoms with Crippen molar-refractivity contribution >= 4 is 5.91 Å². The Balaban J connectivity index is 1.72. The van der Waals surface area contributed by atoms with Gasteiger partial charge in [-0.1, -0.05) is 35.5 Å². The number of hydrogen-bond donors (Lipinski definition) is 2. The van der Waals surface area contributed by atoms with Gasteiger partial charge in [0.15, 0.2) is 5.82 Å². The van der Waals surface area contributed by atoms with Gasteiger partial charge in [0, 0.05) is 25.9 Å². The summed E-state index contributed by atoms with van der Waals surface area (Å²) in [7, 11) is 0. The number of rotatable bonds is 8. The van der Waals surface area contributed by atoms with Gasteiger partial charge in [-0.15, -0.1) is 0 Å². The second-order valence-electron chi connectivity index (χ2n) is 4.65. The molecular formula is C15H20N4O2. The van der Waals surface area contributed by atoms with Crippen molar-refractivity contribution in [2.45, 2.75) is 26.3 Å². The summed E-state index contributed by atoms with van der Waals surface area (Å²) in [5, 5.41) is 9.81. The molecule has 0 aliphatic heterocycles. The van der Waals surface area contributed by atoms with Gasteiger partial charge in [-0.05, 0) is 12.5 Å². The van der Waals surface area contributed by atoms with Crippen molar-refractivity contribution in [1.82, 2.24) is 20.8 Å². The van der Waals surface area contributed by atoms with Crippen molar-refractivity contribution in [3.05, 3.63) is 47.6 Å². The molecule has 2 N–H and O–H groups in total. The third-order valence-electron chi connectivity index (χ3n) is 2.89. The summed E-state index contributed by atoms with van der Waals surface area (Å²) < 4.78 is 5.17. The third-order valence-corrected chi connectivity index (χ3v) is 2.89. The highest BCUT2D eigenvalue weighted by atomic mass is 16.5. The fourth-order valence-corrected chi connectivity index (χ4v) is 1.89. The van der Waals surface area contributed by atoms with Crippen molar-refractivity contribution in [2.24, 2.45) is 0 Å². The summed E-state index contributed by atoms with van der Waals surface area (Å²) in [5.41, 5.74) is 1.15. The lowest BCUT2D eigenvalue weighted by Gasteiger charge is -2.02. The molecule has 0 spiro atoms. The minimum Gasteiger partial charge on any atom is -0.356 e.